The highest BCUT2D eigenvalue weighted by molar-refractivity contribution is 5.31. The molecule has 1 nitrogen and oxygen atoms in total. The van der Waals surface area contributed by atoms with Crippen LogP contribution in [-0.4, -0.2) is 10.7 Å². The van der Waals surface area contributed by atoms with Crippen LogP contribution >= 0.6 is 0 Å². The van der Waals surface area contributed by atoms with Gasteiger partial charge in [0, 0.05) is 11.8 Å². The van der Waals surface area contributed by atoms with E-state index < -0.39 is 5.60 Å². The summed E-state index contributed by atoms with van der Waals surface area (Å²) in [6.45, 7) is 7.88. The first-order valence-electron chi connectivity index (χ1n) is 7.02. The van der Waals surface area contributed by atoms with Gasteiger partial charge in [-0.2, -0.15) is 0 Å². The van der Waals surface area contributed by atoms with Crippen molar-refractivity contribution in [2.24, 2.45) is 0 Å². The first kappa shape index (κ1) is 14.5. The molecule has 0 aliphatic heterocycles. The zero-order valence-corrected chi connectivity index (χ0v) is 12.2. The van der Waals surface area contributed by atoms with E-state index in [0.717, 1.165) is 11.1 Å². The molecule has 0 radical (unpaired) electrons. The summed E-state index contributed by atoms with van der Waals surface area (Å²) in [7, 11) is 0. The predicted molar refractivity (Wildman–Crippen MR) is 84.9 cm³/mol. The largest absolute Gasteiger partial charge is 0.389 e. The number of aliphatic hydroxyl groups is 1. The van der Waals surface area contributed by atoms with Crippen LogP contribution < -0.4 is 0 Å². The van der Waals surface area contributed by atoms with Gasteiger partial charge in [-0.25, -0.2) is 0 Å². The molecule has 0 bridgehead atoms. The first-order valence-corrected chi connectivity index (χ1v) is 7.02. The average molecular weight is 266 g/mol. The van der Waals surface area contributed by atoms with Crippen LogP contribution in [0, 0.1) is 0 Å². The zero-order valence-electron chi connectivity index (χ0n) is 12.2. The van der Waals surface area contributed by atoms with Crippen LogP contribution in [0.15, 0.2) is 73.3 Å². The van der Waals surface area contributed by atoms with Crippen molar-refractivity contribution in [2.75, 3.05) is 0 Å². The van der Waals surface area contributed by atoms with Crippen molar-refractivity contribution in [2.45, 2.75) is 31.3 Å². The molecule has 0 heterocycles. The van der Waals surface area contributed by atoms with Gasteiger partial charge in [0.25, 0.3) is 0 Å². The van der Waals surface area contributed by atoms with Gasteiger partial charge in [0.15, 0.2) is 0 Å². The lowest BCUT2D eigenvalue weighted by Gasteiger charge is -2.37. The highest BCUT2D eigenvalue weighted by atomic mass is 16.3. The van der Waals surface area contributed by atoms with Crippen molar-refractivity contribution in [1.82, 2.24) is 0 Å². The van der Waals surface area contributed by atoms with Gasteiger partial charge in [0.05, 0.1) is 5.60 Å². The summed E-state index contributed by atoms with van der Waals surface area (Å²) in [6, 6.07) is 20.2. The number of hydrogen-bond acceptors (Lipinski definition) is 1. The summed E-state index contributed by atoms with van der Waals surface area (Å²) in [5.74, 6) is -0.0780. The Kier molecular flexibility index (Phi) is 4.41. The third kappa shape index (κ3) is 2.83. The Hall–Kier alpha value is -1.86. The van der Waals surface area contributed by atoms with Crippen molar-refractivity contribution >= 4 is 0 Å². The summed E-state index contributed by atoms with van der Waals surface area (Å²) in [4.78, 5) is 0. The van der Waals surface area contributed by atoms with Crippen molar-refractivity contribution in [3.8, 4) is 0 Å². The van der Waals surface area contributed by atoms with Crippen LogP contribution in [0.1, 0.15) is 36.8 Å². The molecular formula is C19H22O. The maximum Gasteiger partial charge on any atom is 0.0787 e. The van der Waals surface area contributed by atoms with Gasteiger partial charge in [0.1, 0.15) is 0 Å². The minimum atomic E-state index is -0.884. The Balaban J connectivity index is 2.35. The lowest BCUT2D eigenvalue weighted by Crippen LogP contribution is -2.37. The molecule has 2 aromatic carbocycles. The van der Waals surface area contributed by atoms with E-state index in [1.165, 1.54) is 0 Å². The maximum absolute atomic E-state index is 11.1. The van der Waals surface area contributed by atoms with Crippen LogP contribution in [0.5, 0.6) is 0 Å². The van der Waals surface area contributed by atoms with E-state index in [-0.39, 0.29) is 11.8 Å². The molecule has 0 saturated heterocycles. The topological polar surface area (TPSA) is 20.2 Å². The molecule has 2 aromatic rings. The van der Waals surface area contributed by atoms with E-state index in [2.05, 4.69) is 25.6 Å². The van der Waals surface area contributed by atoms with Crippen LogP contribution in [0.3, 0.4) is 0 Å². The molecule has 0 aromatic heterocycles. The minimum Gasteiger partial charge on any atom is -0.389 e. The Labute approximate surface area is 121 Å². The molecule has 20 heavy (non-hydrogen) atoms. The Bertz CT molecular complexity index is 542. The fourth-order valence-electron chi connectivity index (χ4n) is 2.72. The van der Waals surface area contributed by atoms with Gasteiger partial charge in [0.2, 0.25) is 0 Å². The monoisotopic (exact) mass is 266 g/mol. The lowest BCUT2D eigenvalue weighted by molar-refractivity contribution is 0.0218. The normalized spacial score (nSPS) is 16.9. The quantitative estimate of drug-likeness (QED) is 0.789. The first-order chi connectivity index (χ1) is 9.57. The van der Waals surface area contributed by atoms with E-state index in [9.17, 15) is 5.11 Å². The molecule has 0 spiro atoms. The molecule has 0 aliphatic rings. The van der Waals surface area contributed by atoms with E-state index in [1.807, 2.05) is 61.5 Å². The molecule has 0 aliphatic carbocycles. The molecule has 3 atom stereocenters. The predicted octanol–water partition coefficient (Wildman–Crippen LogP) is 4.51. The SMILES string of the molecule is C=C[C@@H](c1ccccc1)[C@@](C)(O)[C@H](C)c1ccccc1. The van der Waals surface area contributed by atoms with E-state index in [1.54, 1.807) is 0 Å². The number of rotatable bonds is 5. The van der Waals surface area contributed by atoms with Crippen molar-refractivity contribution in [1.29, 1.82) is 0 Å². The van der Waals surface area contributed by atoms with Gasteiger partial charge in [-0.3, -0.25) is 0 Å². The smallest absolute Gasteiger partial charge is 0.0787 e. The van der Waals surface area contributed by atoms with Gasteiger partial charge in [-0.15, -0.1) is 6.58 Å². The van der Waals surface area contributed by atoms with Crippen LogP contribution in [-0.2, 0) is 0 Å². The van der Waals surface area contributed by atoms with Crippen molar-refractivity contribution in [3.05, 3.63) is 84.4 Å². The van der Waals surface area contributed by atoms with Gasteiger partial charge in [-0.05, 0) is 18.1 Å². The summed E-state index contributed by atoms with van der Waals surface area (Å²) in [5.41, 5.74) is 1.35. The minimum absolute atomic E-state index is 0.0203. The summed E-state index contributed by atoms with van der Waals surface area (Å²) in [6.07, 6.45) is 1.84. The molecule has 0 fully saturated rings. The van der Waals surface area contributed by atoms with Crippen LogP contribution in [0.2, 0.25) is 0 Å². The molecular weight excluding hydrogens is 244 g/mol. The second-order valence-electron chi connectivity index (χ2n) is 5.48. The van der Waals surface area contributed by atoms with E-state index in [0.29, 0.717) is 0 Å². The highest BCUT2D eigenvalue weighted by Crippen LogP contribution is 2.39. The Morgan fingerprint density at radius 3 is 1.85 bits per heavy atom. The fraction of sp³-hybridized carbons (Fsp3) is 0.263. The molecule has 104 valence electrons. The molecule has 0 amide bonds. The van der Waals surface area contributed by atoms with Crippen LogP contribution in [0.25, 0.3) is 0 Å². The van der Waals surface area contributed by atoms with Crippen molar-refractivity contribution < 1.29 is 5.11 Å². The average Bonchev–Trinajstić information content (AvgIpc) is 2.49. The summed E-state index contributed by atoms with van der Waals surface area (Å²) >= 11 is 0. The van der Waals surface area contributed by atoms with Gasteiger partial charge >= 0.3 is 0 Å². The highest BCUT2D eigenvalue weighted by Gasteiger charge is 2.37. The molecule has 0 unspecified atom stereocenters. The van der Waals surface area contributed by atoms with E-state index >= 15 is 0 Å². The van der Waals surface area contributed by atoms with Crippen LogP contribution in [0.4, 0.5) is 0 Å². The maximum atomic E-state index is 11.1. The van der Waals surface area contributed by atoms with Gasteiger partial charge in [-0.1, -0.05) is 73.7 Å². The summed E-state index contributed by atoms with van der Waals surface area (Å²) in [5, 5.41) is 11.1. The Morgan fingerprint density at radius 2 is 1.40 bits per heavy atom. The van der Waals surface area contributed by atoms with Gasteiger partial charge < -0.3 is 5.11 Å². The Morgan fingerprint density at radius 1 is 0.950 bits per heavy atom. The van der Waals surface area contributed by atoms with E-state index in [4.69, 9.17) is 0 Å². The third-order valence-electron chi connectivity index (χ3n) is 4.20. The number of hydrogen-bond donors (Lipinski definition) is 1. The molecule has 1 N–H and O–H groups in total. The lowest BCUT2D eigenvalue weighted by atomic mass is 9.73. The molecule has 1 heteroatoms. The molecule has 0 saturated carbocycles. The standard InChI is InChI=1S/C19H22O/c1-4-18(17-13-9-6-10-14-17)19(3,20)15(2)16-11-7-5-8-12-16/h4-15,18,20H,1H2,2-3H3/t15-,18+,19+/m1/s1. The second kappa shape index (κ2) is 6.06. The second-order valence-corrected chi connectivity index (χ2v) is 5.48. The molecule has 2 rings (SSSR count). The zero-order chi connectivity index (χ0) is 14.6. The van der Waals surface area contributed by atoms with Crippen molar-refractivity contribution in [3.63, 3.8) is 0 Å². The fourth-order valence-corrected chi connectivity index (χ4v) is 2.72. The number of benzene rings is 2. The summed E-state index contributed by atoms with van der Waals surface area (Å²) < 4.78 is 0. The third-order valence-corrected chi connectivity index (χ3v) is 4.20.